The molecule has 1 fully saturated rings. The van der Waals surface area contributed by atoms with Crippen molar-refractivity contribution in [3.8, 4) is 0 Å². The van der Waals surface area contributed by atoms with Crippen molar-refractivity contribution in [1.82, 2.24) is 5.32 Å². The second kappa shape index (κ2) is 4.66. The second-order valence-corrected chi connectivity index (χ2v) is 8.78. The summed E-state index contributed by atoms with van der Waals surface area (Å²) in [4.78, 5) is 11.9. The number of hydrogen-bond donors (Lipinski definition) is 1. The predicted molar refractivity (Wildman–Crippen MR) is 72.7 cm³/mol. The molecule has 1 amide bonds. The minimum Gasteiger partial charge on any atom is -0.349 e. The van der Waals surface area contributed by atoms with E-state index < -0.39 is 14.6 Å². The molecule has 6 heteroatoms. The molecule has 18 heavy (non-hydrogen) atoms. The zero-order chi connectivity index (χ0) is 13.4. The molecule has 0 aliphatic carbocycles. The quantitative estimate of drug-likeness (QED) is 0.902. The van der Waals surface area contributed by atoms with Gasteiger partial charge in [-0.25, -0.2) is 8.42 Å². The highest BCUT2D eigenvalue weighted by Crippen LogP contribution is 2.30. The van der Waals surface area contributed by atoms with Crippen LogP contribution in [0.15, 0.2) is 16.8 Å². The highest BCUT2D eigenvalue weighted by molar-refractivity contribution is 7.92. The number of hydrogen-bond acceptors (Lipinski definition) is 4. The Bertz CT molecular complexity index is 532. The van der Waals surface area contributed by atoms with Crippen molar-refractivity contribution in [2.24, 2.45) is 0 Å². The molecule has 0 bridgehead atoms. The summed E-state index contributed by atoms with van der Waals surface area (Å²) in [6.45, 7) is 3.45. The highest BCUT2D eigenvalue weighted by Gasteiger charge is 2.41. The van der Waals surface area contributed by atoms with Crippen LogP contribution < -0.4 is 5.32 Å². The maximum atomic E-state index is 11.9. The Morgan fingerprint density at radius 2 is 2.22 bits per heavy atom. The van der Waals surface area contributed by atoms with E-state index in [0.29, 0.717) is 18.4 Å². The summed E-state index contributed by atoms with van der Waals surface area (Å²) in [5.41, 5.74) is 0.645. The zero-order valence-corrected chi connectivity index (χ0v) is 12.1. The van der Waals surface area contributed by atoms with Crippen LogP contribution in [0.5, 0.6) is 0 Å². The first-order valence-corrected chi connectivity index (χ1v) is 8.47. The van der Waals surface area contributed by atoms with Crippen LogP contribution >= 0.6 is 11.3 Å². The molecule has 100 valence electrons. The van der Waals surface area contributed by atoms with E-state index in [4.69, 9.17) is 0 Å². The van der Waals surface area contributed by atoms with Crippen molar-refractivity contribution in [2.45, 2.75) is 37.5 Å². The summed E-state index contributed by atoms with van der Waals surface area (Å²) in [5, 5.41) is 6.56. The van der Waals surface area contributed by atoms with Crippen LogP contribution in [0, 0.1) is 0 Å². The summed E-state index contributed by atoms with van der Waals surface area (Å²) in [6.07, 6.45) is 0.979. The third-order valence-corrected chi connectivity index (χ3v) is 6.74. The van der Waals surface area contributed by atoms with Gasteiger partial charge in [-0.05, 0) is 38.1 Å². The number of nitrogens with one attached hydrogen (secondary N) is 1. The maximum absolute atomic E-state index is 11.9. The molecule has 0 spiro atoms. The standard InChI is InChI=1S/C12H17NO3S2/c1-12(2)7-10(4-6-18(12,15)16)13-11(14)9-3-5-17-8-9/h3,5,8,10H,4,6-7H2,1-2H3,(H,13,14). The number of thiophene rings is 1. The van der Waals surface area contributed by atoms with Gasteiger partial charge in [-0.15, -0.1) is 0 Å². The minimum atomic E-state index is -3.03. The van der Waals surface area contributed by atoms with Crippen molar-refractivity contribution in [3.05, 3.63) is 22.4 Å². The number of rotatable bonds is 2. The van der Waals surface area contributed by atoms with Crippen LogP contribution in [0.1, 0.15) is 37.0 Å². The maximum Gasteiger partial charge on any atom is 0.252 e. The van der Waals surface area contributed by atoms with Crippen molar-refractivity contribution >= 4 is 27.1 Å². The van der Waals surface area contributed by atoms with E-state index in [-0.39, 0.29) is 17.7 Å². The lowest BCUT2D eigenvalue weighted by atomic mass is 10.00. The summed E-state index contributed by atoms with van der Waals surface area (Å²) in [5.74, 6) is 0.0329. The van der Waals surface area contributed by atoms with E-state index in [1.807, 2.05) is 5.38 Å². The van der Waals surface area contributed by atoms with Gasteiger partial charge < -0.3 is 5.32 Å². The third kappa shape index (κ3) is 2.59. The number of carbonyl (C=O) groups excluding carboxylic acids is 1. The van der Waals surface area contributed by atoms with Gasteiger partial charge in [0.1, 0.15) is 0 Å². The fourth-order valence-corrected chi connectivity index (χ4v) is 4.42. The second-order valence-electron chi connectivity index (χ2n) is 5.25. The first-order chi connectivity index (χ1) is 8.32. The molecule has 0 radical (unpaired) electrons. The van der Waals surface area contributed by atoms with Gasteiger partial charge in [0.15, 0.2) is 9.84 Å². The lowest BCUT2D eigenvalue weighted by Crippen LogP contribution is -2.49. The normalized spacial score (nSPS) is 25.6. The van der Waals surface area contributed by atoms with E-state index in [2.05, 4.69) is 5.32 Å². The Kier molecular flexibility index (Phi) is 3.51. The molecule has 2 heterocycles. The molecule has 1 aliphatic rings. The average molecular weight is 287 g/mol. The van der Waals surface area contributed by atoms with E-state index in [0.717, 1.165) is 0 Å². The highest BCUT2D eigenvalue weighted by atomic mass is 32.2. The molecule has 1 aliphatic heterocycles. The zero-order valence-electron chi connectivity index (χ0n) is 10.5. The topological polar surface area (TPSA) is 63.2 Å². The molecule has 1 aromatic heterocycles. The molecule has 2 rings (SSSR count). The molecule has 1 N–H and O–H groups in total. The first-order valence-electron chi connectivity index (χ1n) is 5.87. The summed E-state index contributed by atoms with van der Waals surface area (Å²) in [7, 11) is -3.03. The van der Waals surface area contributed by atoms with Crippen LogP contribution in [-0.2, 0) is 9.84 Å². The van der Waals surface area contributed by atoms with Crippen LogP contribution in [0.25, 0.3) is 0 Å². The molecule has 0 aromatic carbocycles. The summed E-state index contributed by atoms with van der Waals surface area (Å²) < 4.78 is 23.0. The lowest BCUT2D eigenvalue weighted by molar-refractivity contribution is 0.0931. The van der Waals surface area contributed by atoms with Gasteiger partial charge in [0.25, 0.3) is 5.91 Å². The van der Waals surface area contributed by atoms with Crippen LogP contribution in [0.3, 0.4) is 0 Å². The molecular formula is C12H17NO3S2. The van der Waals surface area contributed by atoms with Crippen LogP contribution in [0.4, 0.5) is 0 Å². The smallest absolute Gasteiger partial charge is 0.252 e. The van der Waals surface area contributed by atoms with Crippen molar-refractivity contribution in [2.75, 3.05) is 5.75 Å². The van der Waals surface area contributed by atoms with E-state index >= 15 is 0 Å². The Balaban J connectivity index is 2.03. The number of carbonyl (C=O) groups is 1. The number of amides is 1. The van der Waals surface area contributed by atoms with Gasteiger partial charge in [0.05, 0.1) is 10.5 Å². The molecule has 1 aromatic rings. The van der Waals surface area contributed by atoms with Crippen molar-refractivity contribution in [3.63, 3.8) is 0 Å². The summed E-state index contributed by atoms with van der Waals surface area (Å²) in [6, 6.07) is 1.71. The van der Waals surface area contributed by atoms with Crippen LogP contribution in [-0.4, -0.2) is 30.9 Å². The third-order valence-electron chi connectivity index (χ3n) is 3.43. The van der Waals surface area contributed by atoms with Gasteiger partial charge in [0.2, 0.25) is 0 Å². The van der Waals surface area contributed by atoms with Crippen molar-refractivity contribution in [1.29, 1.82) is 0 Å². The predicted octanol–water partition coefficient (Wildman–Crippen LogP) is 1.83. The SMILES string of the molecule is CC1(C)CC(NC(=O)c2ccsc2)CCS1(=O)=O. The largest absolute Gasteiger partial charge is 0.349 e. The van der Waals surface area contributed by atoms with Gasteiger partial charge >= 0.3 is 0 Å². The Labute approximate surface area is 111 Å². The molecule has 1 unspecified atom stereocenters. The van der Waals surface area contributed by atoms with Crippen LogP contribution in [0.2, 0.25) is 0 Å². The monoisotopic (exact) mass is 287 g/mol. The molecular weight excluding hydrogens is 270 g/mol. The van der Waals surface area contributed by atoms with Gasteiger partial charge in [-0.3, -0.25) is 4.79 Å². The minimum absolute atomic E-state index is 0.0593. The Morgan fingerprint density at radius 1 is 1.50 bits per heavy atom. The molecule has 1 atom stereocenters. The van der Waals surface area contributed by atoms with E-state index in [1.165, 1.54) is 11.3 Å². The first kappa shape index (κ1) is 13.5. The summed E-state index contributed by atoms with van der Waals surface area (Å²) >= 11 is 1.47. The average Bonchev–Trinajstić information content (AvgIpc) is 2.77. The molecule has 4 nitrogen and oxygen atoms in total. The molecule has 0 saturated carbocycles. The lowest BCUT2D eigenvalue weighted by Gasteiger charge is -2.35. The van der Waals surface area contributed by atoms with E-state index in [9.17, 15) is 13.2 Å². The van der Waals surface area contributed by atoms with Gasteiger partial charge in [0, 0.05) is 17.0 Å². The number of sulfone groups is 1. The van der Waals surface area contributed by atoms with Gasteiger partial charge in [-0.1, -0.05) is 0 Å². The molecule has 1 saturated heterocycles. The fourth-order valence-electron chi connectivity index (χ4n) is 2.18. The Morgan fingerprint density at radius 3 is 2.78 bits per heavy atom. The fraction of sp³-hybridized carbons (Fsp3) is 0.583. The Hall–Kier alpha value is -0.880. The van der Waals surface area contributed by atoms with Gasteiger partial charge in [-0.2, -0.15) is 11.3 Å². The van der Waals surface area contributed by atoms with Crippen molar-refractivity contribution < 1.29 is 13.2 Å². The van der Waals surface area contributed by atoms with E-state index in [1.54, 1.807) is 25.3 Å².